The molecule has 1 saturated heterocycles. The summed E-state index contributed by atoms with van der Waals surface area (Å²) in [5, 5.41) is 4.14. The molecule has 1 aliphatic rings. The van der Waals surface area contributed by atoms with E-state index in [1.54, 1.807) is 0 Å². The lowest BCUT2D eigenvalue weighted by Gasteiger charge is -2.26. The molecule has 2 heterocycles. The van der Waals surface area contributed by atoms with Gasteiger partial charge < -0.3 is 9.42 Å². The summed E-state index contributed by atoms with van der Waals surface area (Å²) in [6, 6.07) is 7.97. The number of aromatic nitrogens is 2. The van der Waals surface area contributed by atoms with Crippen LogP contribution in [0.25, 0.3) is 11.4 Å². The van der Waals surface area contributed by atoms with Crippen LogP contribution < -0.4 is 0 Å². The summed E-state index contributed by atoms with van der Waals surface area (Å²) in [6.45, 7) is 11.6. The van der Waals surface area contributed by atoms with Crippen molar-refractivity contribution in [3.63, 3.8) is 0 Å². The Bertz CT molecular complexity index is 774. The first-order valence-electron chi connectivity index (χ1n) is 9.93. The van der Waals surface area contributed by atoms with Crippen molar-refractivity contribution >= 4 is 5.91 Å². The number of hydrogen-bond donors (Lipinski definition) is 0. The lowest BCUT2D eigenvalue weighted by molar-refractivity contribution is -0.133. The van der Waals surface area contributed by atoms with Crippen molar-refractivity contribution in [1.29, 1.82) is 0 Å². The maximum absolute atomic E-state index is 12.9. The monoisotopic (exact) mass is 369 g/mol. The molecule has 1 aliphatic heterocycles. The zero-order valence-corrected chi connectivity index (χ0v) is 17.2. The van der Waals surface area contributed by atoms with Crippen molar-refractivity contribution in [3.05, 3.63) is 35.7 Å². The molecular formula is C22H31N3O2. The Balaban J connectivity index is 1.69. The van der Waals surface area contributed by atoms with Gasteiger partial charge >= 0.3 is 0 Å². The molecule has 0 radical (unpaired) electrons. The summed E-state index contributed by atoms with van der Waals surface area (Å²) in [4.78, 5) is 19.4. The molecule has 2 aromatic rings. The van der Waals surface area contributed by atoms with Gasteiger partial charge in [0.05, 0.1) is 0 Å². The first-order valence-corrected chi connectivity index (χ1v) is 9.93. The van der Waals surface area contributed by atoms with Crippen molar-refractivity contribution < 1.29 is 9.32 Å². The highest BCUT2D eigenvalue weighted by atomic mass is 16.5. The molecule has 0 N–H and O–H groups in total. The largest absolute Gasteiger partial charge is 0.337 e. The van der Waals surface area contributed by atoms with Gasteiger partial charge in [-0.05, 0) is 37.5 Å². The maximum Gasteiger partial charge on any atom is 0.249 e. The quantitative estimate of drug-likeness (QED) is 0.729. The molecule has 0 spiro atoms. The third-order valence-corrected chi connectivity index (χ3v) is 5.09. The molecule has 0 bridgehead atoms. The third kappa shape index (κ3) is 4.96. The van der Waals surface area contributed by atoms with E-state index in [2.05, 4.69) is 37.8 Å². The van der Waals surface area contributed by atoms with Crippen molar-refractivity contribution in [1.82, 2.24) is 15.0 Å². The van der Waals surface area contributed by atoms with Gasteiger partial charge in [0.2, 0.25) is 17.6 Å². The molecule has 5 nitrogen and oxygen atoms in total. The van der Waals surface area contributed by atoms with Crippen LogP contribution in [0.15, 0.2) is 28.8 Å². The number of hydrogen-bond acceptors (Lipinski definition) is 4. The topological polar surface area (TPSA) is 59.2 Å². The Morgan fingerprint density at radius 2 is 2.00 bits per heavy atom. The lowest BCUT2D eigenvalue weighted by Crippen LogP contribution is -2.32. The van der Waals surface area contributed by atoms with Crippen LogP contribution in [0.3, 0.4) is 0 Å². The van der Waals surface area contributed by atoms with Crippen molar-refractivity contribution in [3.8, 4) is 11.4 Å². The van der Waals surface area contributed by atoms with Gasteiger partial charge in [-0.15, -0.1) is 0 Å². The minimum atomic E-state index is -0.0916. The van der Waals surface area contributed by atoms with Crippen molar-refractivity contribution in [2.45, 2.75) is 66.3 Å². The first kappa shape index (κ1) is 19.6. The van der Waals surface area contributed by atoms with Crippen molar-refractivity contribution in [2.75, 3.05) is 6.54 Å². The van der Waals surface area contributed by atoms with E-state index in [0.29, 0.717) is 24.1 Å². The molecule has 1 fully saturated rings. The van der Waals surface area contributed by atoms with Crippen molar-refractivity contribution in [2.24, 2.45) is 11.3 Å². The number of aryl methyl sites for hydroxylation is 1. The van der Waals surface area contributed by atoms with Crippen LogP contribution in [0.1, 0.15) is 70.9 Å². The van der Waals surface area contributed by atoms with Crippen LogP contribution in [-0.4, -0.2) is 27.5 Å². The van der Waals surface area contributed by atoms with Crippen LogP contribution >= 0.6 is 0 Å². The first-order chi connectivity index (χ1) is 12.7. The van der Waals surface area contributed by atoms with E-state index in [0.717, 1.165) is 31.4 Å². The maximum atomic E-state index is 12.9. The smallest absolute Gasteiger partial charge is 0.249 e. The minimum absolute atomic E-state index is 0.0916. The number of likely N-dealkylation sites (tertiary alicyclic amines) is 1. The molecule has 5 heteroatoms. The van der Waals surface area contributed by atoms with Crippen LogP contribution in [0.5, 0.6) is 0 Å². The van der Waals surface area contributed by atoms with Gasteiger partial charge in [-0.1, -0.05) is 62.7 Å². The molecular weight excluding hydrogens is 338 g/mol. The van der Waals surface area contributed by atoms with Crippen LogP contribution in [0, 0.1) is 18.3 Å². The highest BCUT2D eigenvalue weighted by Gasteiger charge is 2.34. The fraction of sp³-hybridized carbons (Fsp3) is 0.591. The zero-order chi connectivity index (χ0) is 19.6. The highest BCUT2D eigenvalue weighted by Crippen LogP contribution is 2.34. The number of nitrogens with zero attached hydrogens (tertiary/aromatic N) is 3. The van der Waals surface area contributed by atoms with Gasteiger partial charge in [0, 0.05) is 18.5 Å². The van der Waals surface area contributed by atoms with Gasteiger partial charge in [-0.2, -0.15) is 4.98 Å². The van der Waals surface area contributed by atoms with Crippen LogP contribution in [0.4, 0.5) is 0 Å². The lowest BCUT2D eigenvalue weighted by atomic mass is 9.84. The molecule has 0 saturated carbocycles. The fourth-order valence-electron chi connectivity index (χ4n) is 4.05. The number of rotatable bonds is 5. The Labute approximate surface area is 162 Å². The SMILES string of the molecule is Cc1ccc(-c2noc([C@H]3CCCN3C(=O)C[C@H](C)CC(C)(C)C)n2)cc1. The summed E-state index contributed by atoms with van der Waals surface area (Å²) < 4.78 is 5.54. The van der Waals surface area contributed by atoms with Gasteiger partial charge in [0.1, 0.15) is 6.04 Å². The average Bonchev–Trinajstić information content (AvgIpc) is 3.22. The Morgan fingerprint density at radius 3 is 2.67 bits per heavy atom. The molecule has 1 aromatic carbocycles. The normalized spacial score (nSPS) is 18.7. The molecule has 1 aromatic heterocycles. The van der Waals surface area contributed by atoms with Crippen LogP contribution in [-0.2, 0) is 4.79 Å². The average molecular weight is 370 g/mol. The molecule has 0 aliphatic carbocycles. The second kappa shape index (κ2) is 7.83. The third-order valence-electron chi connectivity index (χ3n) is 5.09. The Kier molecular flexibility index (Phi) is 5.68. The fourth-order valence-corrected chi connectivity index (χ4v) is 4.05. The van der Waals surface area contributed by atoms with Gasteiger partial charge in [0.25, 0.3) is 0 Å². The number of carbonyl (C=O) groups excluding carboxylic acids is 1. The predicted octanol–water partition coefficient (Wildman–Crippen LogP) is 5.17. The molecule has 2 atom stereocenters. The molecule has 146 valence electrons. The molecule has 0 unspecified atom stereocenters. The van der Waals surface area contributed by atoms with Crippen LogP contribution in [0.2, 0.25) is 0 Å². The van der Waals surface area contributed by atoms with Gasteiger partial charge in [0.15, 0.2) is 0 Å². The Morgan fingerprint density at radius 1 is 1.30 bits per heavy atom. The summed E-state index contributed by atoms with van der Waals surface area (Å²) in [5.74, 6) is 1.71. The highest BCUT2D eigenvalue weighted by molar-refractivity contribution is 5.77. The van der Waals surface area contributed by atoms with E-state index in [1.807, 2.05) is 36.1 Å². The molecule has 3 rings (SSSR count). The summed E-state index contributed by atoms with van der Waals surface area (Å²) >= 11 is 0. The summed E-state index contributed by atoms with van der Waals surface area (Å²) in [7, 11) is 0. The second-order valence-corrected chi connectivity index (χ2v) is 9.14. The van der Waals surface area contributed by atoms with Gasteiger partial charge in [-0.3, -0.25) is 4.79 Å². The van der Waals surface area contributed by atoms with E-state index >= 15 is 0 Å². The van der Waals surface area contributed by atoms with Gasteiger partial charge in [-0.25, -0.2) is 0 Å². The Hall–Kier alpha value is -2.17. The predicted molar refractivity (Wildman–Crippen MR) is 106 cm³/mol. The molecule has 27 heavy (non-hydrogen) atoms. The van der Waals surface area contributed by atoms with E-state index in [1.165, 1.54) is 5.56 Å². The van der Waals surface area contributed by atoms with E-state index < -0.39 is 0 Å². The van der Waals surface area contributed by atoms with E-state index in [-0.39, 0.29) is 17.4 Å². The minimum Gasteiger partial charge on any atom is -0.337 e. The summed E-state index contributed by atoms with van der Waals surface area (Å²) in [5.41, 5.74) is 2.36. The number of amides is 1. The number of benzene rings is 1. The standard InChI is InChI=1S/C22H31N3O2/c1-15-8-10-17(11-9-15)20-23-21(27-24-20)18-7-6-12-25(18)19(26)13-16(2)14-22(3,4)5/h8-11,16,18H,6-7,12-14H2,1-5H3/t16-,18+/m0/s1. The molecule has 1 amide bonds. The number of carbonyl (C=O) groups is 1. The second-order valence-electron chi connectivity index (χ2n) is 9.14. The van der Waals surface area contributed by atoms with E-state index in [9.17, 15) is 4.79 Å². The zero-order valence-electron chi connectivity index (χ0n) is 17.2. The summed E-state index contributed by atoms with van der Waals surface area (Å²) in [6.07, 6.45) is 3.48. The van der Waals surface area contributed by atoms with E-state index in [4.69, 9.17) is 4.52 Å².